The van der Waals surface area contributed by atoms with Crippen molar-refractivity contribution in [1.82, 2.24) is 0 Å². The van der Waals surface area contributed by atoms with E-state index in [0.717, 1.165) is 24.1 Å². The summed E-state index contributed by atoms with van der Waals surface area (Å²) in [6, 6.07) is 3.55. The Morgan fingerprint density at radius 3 is 3.05 bits per heavy atom. The van der Waals surface area contributed by atoms with Crippen LogP contribution in [0.25, 0.3) is 0 Å². The first-order valence-electron chi connectivity index (χ1n) is 7.79. The first-order valence-corrected chi connectivity index (χ1v) is 7.79. The SMILES string of the molecule is C[NH+]1CC[C@]23c4c5ccc(O)c4O[C@H]2C(=O)C=C[C@@]3(O)[C@H]1C5. The van der Waals surface area contributed by atoms with E-state index in [-0.39, 0.29) is 17.6 Å². The number of likely N-dealkylation sites (N-methyl/N-ethyl adjacent to an activating group) is 1. The number of carbonyl (C=O) groups is 1. The van der Waals surface area contributed by atoms with Crippen LogP contribution in [-0.4, -0.2) is 47.3 Å². The Labute approximate surface area is 127 Å². The molecule has 1 fully saturated rings. The lowest BCUT2D eigenvalue weighted by molar-refractivity contribution is -0.922. The van der Waals surface area contributed by atoms with Crippen molar-refractivity contribution < 1.29 is 24.6 Å². The molecule has 0 aromatic heterocycles. The molecule has 2 aliphatic carbocycles. The molecule has 0 saturated carbocycles. The highest BCUT2D eigenvalue weighted by molar-refractivity contribution is 5.98. The fourth-order valence-electron chi connectivity index (χ4n) is 5.27. The predicted octanol–water partition coefficient (Wildman–Crippen LogP) is -0.896. The molecule has 0 amide bonds. The second-order valence-electron chi connectivity index (χ2n) is 7.08. The summed E-state index contributed by atoms with van der Waals surface area (Å²) < 4.78 is 5.90. The Bertz CT molecular complexity index is 757. The second-order valence-corrected chi connectivity index (χ2v) is 7.08. The standard InChI is InChI=1S/C17H17NO4/c1-18-7-6-16-13-9-2-3-10(19)14(13)22-15(16)11(20)4-5-17(16,21)12(18)8-9/h2-5,12,15,19,21H,6-8H2,1H3/p+1/t12-,15+,16+,17-/m1/s1. The molecular formula is C17H18NO4+. The lowest BCUT2D eigenvalue weighted by Gasteiger charge is -2.57. The van der Waals surface area contributed by atoms with Crippen molar-refractivity contribution in [2.75, 3.05) is 13.6 Å². The molecular weight excluding hydrogens is 282 g/mol. The fourth-order valence-corrected chi connectivity index (χ4v) is 5.27. The predicted molar refractivity (Wildman–Crippen MR) is 77.2 cm³/mol. The first-order chi connectivity index (χ1) is 10.5. The number of aliphatic hydroxyl groups is 1. The molecule has 5 heteroatoms. The average Bonchev–Trinajstić information content (AvgIpc) is 2.85. The summed E-state index contributed by atoms with van der Waals surface area (Å²) in [4.78, 5) is 13.7. The van der Waals surface area contributed by atoms with Gasteiger partial charge in [-0.05, 0) is 23.8 Å². The minimum Gasteiger partial charge on any atom is -0.504 e. The van der Waals surface area contributed by atoms with Crippen LogP contribution in [0, 0.1) is 0 Å². The van der Waals surface area contributed by atoms with Gasteiger partial charge in [-0.25, -0.2) is 0 Å². The van der Waals surface area contributed by atoms with E-state index in [4.69, 9.17) is 4.74 Å². The molecule has 5 nitrogen and oxygen atoms in total. The molecule has 1 aromatic rings. The number of rotatable bonds is 0. The maximum atomic E-state index is 12.4. The van der Waals surface area contributed by atoms with E-state index in [0.29, 0.717) is 12.2 Å². The van der Waals surface area contributed by atoms with Gasteiger partial charge in [-0.1, -0.05) is 6.07 Å². The Morgan fingerprint density at radius 1 is 1.41 bits per heavy atom. The van der Waals surface area contributed by atoms with Crippen molar-refractivity contribution in [3.05, 3.63) is 35.4 Å². The van der Waals surface area contributed by atoms with E-state index in [1.807, 2.05) is 6.07 Å². The van der Waals surface area contributed by atoms with Crippen molar-refractivity contribution in [3.8, 4) is 11.5 Å². The summed E-state index contributed by atoms with van der Waals surface area (Å²) in [6.45, 7) is 0.877. The fraction of sp³-hybridized carbons (Fsp3) is 0.471. The number of quaternary nitrogens is 1. The van der Waals surface area contributed by atoms with Crippen molar-refractivity contribution in [1.29, 1.82) is 0 Å². The number of ether oxygens (including phenoxy) is 1. The Morgan fingerprint density at radius 2 is 2.23 bits per heavy atom. The summed E-state index contributed by atoms with van der Waals surface area (Å²) in [5.41, 5.74) is 0.110. The third kappa shape index (κ3) is 1.08. The Balaban J connectivity index is 1.91. The van der Waals surface area contributed by atoms with Gasteiger partial charge >= 0.3 is 0 Å². The largest absolute Gasteiger partial charge is 0.504 e. The van der Waals surface area contributed by atoms with Crippen LogP contribution in [0.4, 0.5) is 0 Å². The topological polar surface area (TPSA) is 71.2 Å². The number of hydrogen-bond donors (Lipinski definition) is 3. The molecule has 2 heterocycles. The van der Waals surface area contributed by atoms with E-state index in [1.54, 1.807) is 12.1 Å². The maximum absolute atomic E-state index is 12.4. The highest BCUT2D eigenvalue weighted by Crippen LogP contribution is 2.61. The molecule has 2 bridgehead atoms. The first kappa shape index (κ1) is 12.7. The third-order valence-corrected chi connectivity index (χ3v) is 6.29. The smallest absolute Gasteiger partial charge is 0.197 e. The van der Waals surface area contributed by atoms with Crippen LogP contribution in [-0.2, 0) is 16.6 Å². The molecule has 1 saturated heterocycles. The minimum absolute atomic E-state index is 0.000284. The van der Waals surface area contributed by atoms with Crippen molar-refractivity contribution in [3.63, 3.8) is 0 Å². The van der Waals surface area contributed by atoms with Crippen LogP contribution in [0.3, 0.4) is 0 Å². The van der Waals surface area contributed by atoms with Gasteiger partial charge in [0.1, 0.15) is 11.6 Å². The third-order valence-electron chi connectivity index (χ3n) is 6.29. The minimum atomic E-state index is -1.10. The van der Waals surface area contributed by atoms with Gasteiger partial charge in [0.2, 0.25) is 0 Å². The quantitative estimate of drug-likeness (QED) is 0.581. The Kier molecular flexibility index (Phi) is 2.04. The van der Waals surface area contributed by atoms with Crippen LogP contribution in [0.2, 0.25) is 0 Å². The number of piperidine rings is 1. The zero-order chi connectivity index (χ0) is 15.3. The number of hydrogen-bond acceptors (Lipinski definition) is 4. The van der Waals surface area contributed by atoms with Crippen molar-refractivity contribution in [2.24, 2.45) is 0 Å². The lowest BCUT2D eigenvalue weighted by atomic mass is 9.51. The van der Waals surface area contributed by atoms with Crippen LogP contribution in [0.15, 0.2) is 24.3 Å². The second kappa shape index (κ2) is 3.55. The normalized spacial score (nSPS) is 43.7. The zero-order valence-electron chi connectivity index (χ0n) is 12.3. The van der Waals surface area contributed by atoms with Gasteiger partial charge in [-0.15, -0.1) is 0 Å². The van der Waals surface area contributed by atoms with Gasteiger partial charge in [0, 0.05) is 18.4 Å². The summed E-state index contributed by atoms with van der Waals surface area (Å²) >= 11 is 0. The van der Waals surface area contributed by atoms with Crippen LogP contribution >= 0.6 is 0 Å². The lowest BCUT2D eigenvalue weighted by Crippen LogP contribution is -3.19. The highest BCUT2D eigenvalue weighted by Gasteiger charge is 2.73. The van der Waals surface area contributed by atoms with E-state index < -0.39 is 17.1 Å². The molecule has 0 radical (unpaired) electrons. The number of carbonyl (C=O) groups excluding carboxylic acids is 1. The van der Waals surface area contributed by atoms with Gasteiger partial charge in [-0.3, -0.25) is 4.79 Å². The van der Waals surface area contributed by atoms with E-state index in [2.05, 4.69) is 7.05 Å². The van der Waals surface area contributed by atoms with Crippen molar-refractivity contribution in [2.45, 2.75) is 36.0 Å². The molecule has 2 aliphatic heterocycles. The maximum Gasteiger partial charge on any atom is 0.197 e. The molecule has 1 unspecified atom stereocenters. The number of phenolic OH excluding ortho intramolecular Hbond substituents is 1. The van der Waals surface area contributed by atoms with Gasteiger partial charge in [0.25, 0.3) is 0 Å². The van der Waals surface area contributed by atoms with Gasteiger partial charge in [0.15, 0.2) is 23.4 Å². The highest BCUT2D eigenvalue weighted by atomic mass is 16.5. The molecule has 1 spiro atoms. The molecule has 5 atom stereocenters. The van der Waals surface area contributed by atoms with Crippen LogP contribution in [0.1, 0.15) is 17.5 Å². The zero-order valence-corrected chi connectivity index (χ0v) is 12.3. The van der Waals surface area contributed by atoms with Gasteiger partial charge in [0.05, 0.1) is 19.0 Å². The molecule has 1 aromatic carbocycles. The summed E-state index contributed by atoms with van der Waals surface area (Å²) in [7, 11) is 2.09. The van der Waals surface area contributed by atoms with E-state index in [1.165, 1.54) is 11.0 Å². The van der Waals surface area contributed by atoms with Gasteiger partial charge < -0.3 is 19.8 Å². The molecule has 22 heavy (non-hydrogen) atoms. The summed E-state index contributed by atoms with van der Waals surface area (Å²) in [5.74, 6) is 0.338. The number of likely N-dealkylation sites (tertiary alicyclic amines) is 1. The summed E-state index contributed by atoms with van der Waals surface area (Å²) in [6.07, 6.45) is 3.82. The molecule has 114 valence electrons. The van der Waals surface area contributed by atoms with Crippen molar-refractivity contribution >= 4 is 5.78 Å². The number of aromatic hydroxyl groups is 1. The van der Waals surface area contributed by atoms with Crippen LogP contribution in [0.5, 0.6) is 11.5 Å². The number of benzene rings is 1. The molecule has 3 N–H and O–H groups in total. The Hall–Kier alpha value is -1.85. The van der Waals surface area contributed by atoms with Crippen LogP contribution < -0.4 is 9.64 Å². The van der Waals surface area contributed by atoms with Gasteiger partial charge in [-0.2, -0.15) is 0 Å². The molecule has 5 rings (SSSR count). The molecule has 4 aliphatic rings. The number of nitrogens with one attached hydrogen (secondary N) is 1. The number of phenols is 1. The average molecular weight is 300 g/mol. The monoisotopic (exact) mass is 300 g/mol. The summed E-state index contributed by atoms with van der Waals surface area (Å²) in [5, 5.41) is 21.8. The number of ketones is 1. The van der Waals surface area contributed by atoms with E-state index >= 15 is 0 Å². The van der Waals surface area contributed by atoms with E-state index in [9.17, 15) is 15.0 Å².